The van der Waals surface area contributed by atoms with E-state index < -0.39 is 23.9 Å². The van der Waals surface area contributed by atoms with Gasteiger partial charge in [-0.05, 0) is 93.1 Å². The van der Waals surface area contributed by atoms with Gasteiger partial charge in [0, 0.05) is 19.6 Å². The molecule has 200 valence electrons. The zero-order chi connectivity index (χ0) is 25.8. The minimum absolute atomic E-state index is 0.0269. The van der Waals surface area contributed by atoms with Crippen molar-refractivity contribution < 1.29 is 25.2 Å². The van der Waals surface area contributed by atoms with Crippen LogP contribution in [0.1, 0.15) is 91.9 Å². The van der Waals surface area contributed by atoms with Crippen LogP contribution < -0.4 is 0 Å². The van der Waals surface area contributed by atoms with Crippen molar-refractivity contribution in [3.63, 3.8) is 0 Å². The third-order valence-electron chi connectivity index (χ3n) is 9.17. The molecule has 0 spiro atoms. The molecule has 0 bridgehead atoms. The lowest BCUT2D eigenvalue weighted by Crippen LogP contribution is -2.45. The molecule has 3 aliphatic rings. The summed E-state index contributed by atoms with van der Waals surface area (Å²) in [7, 11) is 0. The Hall–Kier alpha value is -0.980. The third-order valence-corrected chi connectivity index (χ3v) is 9.17. The topological polar surface area (TPSA) is 90.2 Å². The van der Waals surface area contributed by atoms with E-state index in [-0.39, 0.29) is 6.61 Å². The van der Waals surface area contributed by atoms with E-state index in [1.54, 1.807) is 0 Å². The monoisotopic (exact) mass is 490 g/mol. The molecule has 0 radical (unpaired) electrons. The second kappa shape index (κ2) is 12.0. The van der Waals surface area contributed by atoms with E-state index in [0.29, 0.717) is 42.3 Å². The van der Waals surface area contributed by atoms with Crippen molar-refractivity contribution in [2.45, 2.75) is 116 Å². The first-order chi connectivity index (χ1) is 16.5. The van der Waals surface area contributed by atoms with Crippen LogP contribution in [0.5, 0.6) is 0 Å². The largest absolute Gasteiger partial charge is 0.396 e. The lowest BCUT2D eigenvalue weighted by Gasteiger charge is -2.44. The van der Waals surface area contributed by atoms with Crippen LogP contribution in [0.3, 0.4) is 0 Å². The molecule has 3 aliphatic carbocycles. The van der Waals surface area contributed by atoms with Gasteiger partial charge in [0.1, 0.15) is 12.2 Å². The molecule has 5 nitrogen and oxygen atoms in total. The van der Waals surface area contributed by atoms with E-state index in [9.17, 15) is 15.3 Å². The summed E-state index contributed by atoms with van der Waals surface area (Å²) in [6.45, 7) is 13.2. The zero-order valence-electron chi connectivity index (χ0n) is 22.5. The van der Waals surface area contributed by atoms with Gasteiger partial charge in [-0.3, -0.25) is 0 Å². The maximum Gasteiger partial charge on any atom is 0.114 e. The Morgan fingerprint density at radius 1 is 1.20 bits per heavy atom. The fourth-order valence-corrected chi connectivity index (χ4v) is 7.21. The number of ether oxygens (including phenoxy) is 1. The summed E-state index contributed by atoms with van der Waals surface area (Å²) in [6.07, 6.45) is 12.1. The minimum atomic E-state index is -0.931. The molecular weight excluding hydrogens is 440 g/mol. The molecule has 7 atom stereocenters. The van der Waals surface area contributed by atoms with Crippen molar-refractivity contribution in [1.82, 2.24) is 0 Å². The van der Waals surface area contributed by atoms with Crippen molar-refractivity contribution in [3.8, 4) is 0 Å². The first kappa shape index (κ1) is 28.6. The lowest BCUT2D eigenvalue weighted by atomic mass is 9.60. The molecule has 4 N–H and O–H groups in total. The smallest absolute Gasteiger partial charge is 0.114 e. The van der Waals surface area contributed by atoms with Crippen LogP contribution in [0.2, 0.25) is 0 Å². The van der Waals surface area contributed by atoms with Crippen LogP contribution in [0, 0.1) is 23.2 Å². The first-order valence-electron chi connectivity index (χ1n) is 13.9. The highest BCUT2D eigenvalue weighted by atomic mass is 16.5. The molecule has 35 heavy (non-hydrogen) atoms. The van der Waals surface area contributed by atoms with E-state index >= 15 is 0 Å². The first-order valence-corrected chi connectivity index (χ1v) is 13.9. The van der Waals surface area contributed by atoms with Gasteiger partial charge in [0.05, 0.1) is 11.7 Å². The van der Waals surface area contributed by atoms with Gasteiger partial charge in [-0.15, -0.1) is 0 Å². The average Bonchev–Trinajstić information content (AvgIpc) is 3.14. The zero-order valence-corrected chi connectivity index (χ0v) is 22.5. The average molecular weight is 491 g/mol. The number of hydrogen-bond donors (Lipinski definition) is 4. The summed E-state index contributed by atoms with van der Waals surface area (Å²) < 4.78 is 5.63. The number of rotatable bonds is 10. The van der Waals surface area contributed by atoms with Gasteiger partial charge in [0.25, 0.3) is 0 Å². The van der Waals surface area contributed by atoms with Crippen molar-refractivity contribution >= 4 is 0 Å². The van der Waals surface area contributed by atoms with Crippen LogP contribution in [0.25, 0.3) is 0 Å². The van der Waals surface area contributed by atoms with Crippen LogP contribution in [-0.2, 0) is 4.74 Å². The number of hydrogen-bond acceptors (Lipinski definition) is 5. The summed E-state index contributed by atoms with van der Waals surface area (Å²) in [5.41, 5.74) is 2.79. The molecule has 1 unspecified atom stereocenters. The van der Waals surface area contributed by atoms with Gasteiger partial charge in [0.2, 0.25) is 0 Å². The van der Waals surface area contributed by atoms with Crippen LogP contribution in [0.4, 0.5) is 0 Å². The molecule has 0 amide bonds. The molecule has 3 rings (SSSR count). The van der Waals surface area contributed by atoms with Gasteiger partial charge in [-0.25, -0.2) is 0 Å². The Labute approximate surface area is 213 Å². The molecule has 0 aromatic heterocycles. The molecule has 0 aromatic rings. The lowest BCUT2D eigenvalue weighted by molar-refractivity contribution is -0.0968. The van der Waals surface area contributed by atoms with E-state index in [4.69, 9.17) is 9.84 Å². The standard InChI is InChI=1S/C30H50O5/c1-20(9-6-15-29(3,4)34)24-13-14-25-22(10-7-16-30(24,25)5)11-12-23-19-26(32)28(27(33)21(23)2)35-18-8-17-31/h11-12,20,24-28,31-34H,2,6-10,13-19H2,1,3-5H3/t20-,24?,25+,26-,27-,28-,30-/m1/s1. The molecule has 0 aromatic carbocycles. The van der Waals surface area contributed by atoms with Gasteiger partial charge < -0.3 is 25.2 Å². The highest BCUT2D eigenvalue weighted by molar-refractivity contribution is 5.40. The highest BCUT2D eigenvalue weighted by Gasteiger charge is 2.50. The Morgan fingerprint density at radius 2 is 1.94 bits per heavy atom. The van der Waals surface area contributed by atoms with E-state index in [0.717, 1.165) is 30.8 Å². The quantitative estimate of drug-likeness (QED) is 0.321. The number of fused-ring (bicyclic) bond motifs is 1. The maximum atomic E-state index is 10.7. The highest BCUT2D eigenvalue weighted by Crippen LogP contribution is 2.60. The molecule has 0 saturated heterocycles. The van der Waals surface area contributed by atoms with E-state index in [1.807, 2.05) is 13.8 Å². The summed E-state index contributed by atoms with van der Waals surface area (Å²) >= 11 is 0. The Balaban J connectivity index is 1.67. The fraction of sp³-hybridized carbons (Fsp3) is 0.800. The van der Waals surface area contributed by atoms with Crippen molar-refractivity contribution in [2.24, 2.45) is 23.2 Å². The number of aliphatic hydroxyl groups is 4. The maximum absolute atomic E-state index is 10.7. The van der Waals surface area contributed by atoms with Crippen molar-refractivity contribution in [1.29, 1.82) is 0 Å². The molecular formula is C30H50O5. The summed E-state index contributed by atoms with van der Waals surface area (Å²) in [5.74, 6) is 1.98. The predicted octanol–water partition coefficient (Wildman–Crippen LogP) is 5.08. The summed E-state index contributed by atoms with van der Waals surface area (Å²) in [6, 6.07) is 0. The third kappa shape index (κ3) is 6.87. The van der Waals surface area contributed by atoms with Crippen molar-refractivity contribution in [2.75, 3.05) is 13.2 Å². The SMILES string of the molecule is C=C1C(=CC=C2CCC[C@]3(C)C([C@H](C)CCCC(C)(C)O)CC[C@@H]23)C[C@@H](O)[C@@H](OCCCO)[C@@H]1O. The Kier molecular flexibility index (Phi) is 9.84. The Morgan fingerprint density at radius 3 is 2.63 bits per heavy atom. The molecule has 3 fully saturated rings. The molecule has 0 heterocycles. The van der Waals surface area contributed by atoms with Crippen LogP contribution in [0.15, 0.2) is 35.5 Å². The predicted molar refractivity (Wildman–Crippen MR) is 141 cm³/mol. The number of allylic oxidation sites excluding steroid dienone is 3. The van der Waals surface area contributed by atoms with Gasteiger partial charge >= 0.3 is 0 Å². The number of aliphatic hydroxyl groups excluding tert-OH is 3. The molecule has 5 heteroatoms. The fourth-order valence-electron chi connectivity index (χ4n) is 7.21. The second-order valence-corrected chi connectivity index (χ2v) is 12.4. The molecule has 0 aliphatic heterocycles. The van der Waals surface area contributed by atoms with Gasteiger partial charge in [0.15, 0.2) is 0 Å². The van der Waals surface area contributed by atoms with Gasteiger partial charge in [-0.1, -0.05) is 51.0 Å². The second-order valence-electron chi connectivity index (χ2n) is 12.4. The van der Waals surface area contributed by atoms with Gasteiger partial charge in [-0.2, -0.15) is 0 Å². The normalized spacial score (nSPS) is 37.1. The molecule has 3 saturated carbocycles. The summed E-state index contributed by atoms with van der Waals surface area (Å²) in [4.78, 5) is 0. The van der Waals surface area contributed by atoms with E-state index in [2.05, 4.69) is 32.6 Å². The Bertz CT molecular complexity index is 778. The summed E-state index contributed by atoms with van der Waals surface area (Å²) in [5, 5.41) is 40.4. The van der Waals surface area contributed by atoms with E-state index in [1.165, 1.54) is 37.7 Å². The minimum Gasteiger partial charge on any atom is -0.396 e. The van der Waals surface area contributed by atoms with Crippen LogP contribution >= 0.6 is 0 Å². The van der Waals surface area contributed by atoms with Crippen molar-refractivity contribution in [3.05, 3.63) is 35.5 Å². The van der Waals surface area contributed by atoms with Crippen LogP contribution in [-0.4, -0.2) is 57.6 Å².